The van der Waals surface area contributed by atoms with E-state index in [9.17, 15) is 4.79 Å². The van der Waals surface area contributed by atoms with Crippen LogP contribution in [-0.2, 0) is 24.7 Å². The number of nitrogens with zero attached hydrogens (tertiary/aromatic N) is 2. The Morgan fingerprint density at radius 2 is 2.05 bits per heavy atom. The molecule has 2 rings (SSSR count). The summed E-state index contributed by atoms with van der Waals surface area (Å²) in [6.07, 6.45) is 2.89. The third-order valence-electron chi connectivity index (χ3n) is 3.12. The minimum Gasteiger partial charge on any atom is -0.389 e. The first kappa shape index (κ1) is 15.2. The highest BCUT2D eigenvalue weighted by atomic mass is 32.1. The van der Waals surface area contributed by atoms with E-state index in [-0.39, 0.29) is 5.91 Å². The lowest BCUT2D eigenvalue weighted by Crippen LogP contribution is -2.15. The van der Waals surface area contributed by atoms with E-state index < -0.39 is 0 Å². The fourth-order valence-electron chi connectivity index (χ4n) is 2.07. The molecule has 0 saturated heterocycles. The van der Waals surface area contributed by atoms with E-state index in [4.69, 9.17) is 18.0 Å². The lowest BCUT2D eigenvalue weighted by molar-refractivity contribution is -0.115. The maximum absolute atomic E-state index is 12.1. The summed E-state index contributed by atoms with van der Waals surface area (Å²) >= 11 is 4.90. The van der Waals surface area contributed by atoms with E-state index in [0.717, 1.165) is 28.9 Å². The number of thiocarbonyl (C=S) groups is 1. The molecular formula is C15H18N4OS. The number of nitrogens with one attached hydrogen (secondary N) is 1. The van der Waals surface area contributed by atoms with Crippen molar-refractivity contribution in [3.8, 4) is 0 Å². The zero-order chi connectivity index (χ0) is 15.4. The van der Waals surface area contributed by atoms with E-state index in [2.05, 4.69) is 10.4 Å². The second-order valence-corrected chi connectivity index (χ2v) is 5.24. The maximum atomic E-state index is 12.1. The van der Waals surface area contributed by atoms with Gasteiger partial charge in [0.05, 0.1) is 17.8 Å². The largest absolute Gasteiger partial charge is 0.389 e. The third-order valence-corrected chi connectivity index (χ3v) is 3.35. The van der Waals surface area contributed by atoms with Gasteiger partial charge >= 0.3 is 0 Å². The lowest BCUT2D eigenvalue weighted by Gasteiger charge is -2.05. The number of anilines is 1. The Labute approximate surface area is 129 Å². The number of benzene rings is 1. The normalized spacial score (nSPS) is 10.4. The first-order chi connectivity index (χ1) is 9.99. The molecule has 0 aliphatic heterocycles. The summed E-state index contributed by atoms with van der Waals surface area (Å²) in [4.78, 5) is 12.4. The summed E-state index contributed by atoms with van der Waals surface area (Å²) in [5, 5.41) is 7.19. The molecule has 1 aromatic heterocycles. The van der Waals surface area contributed by atoms with Crippen LogP contribution in [0.3, 0.4) is 0 Å². The van der Waals surface area contributed by atoms with Crippen molar-refractivity contribution >= 4 is 28.8 Å². The molecule has 0 atom stereocenters. The van der Waals surface area contributed by atoms with Gasteiger partial charge < -0.3 is 11.1 Å². The van der Waals surface area contributed by atoms with Crippen LogP contribution < -0.4 is 11.1 Å². The van der Waals surface area contributed by atoms with Crippen molar-refractivity contribution in [2.45, 2.75) is 19.8 Å². The molecule has 0 fully saturated rings. The summed E-state index contributed by atoms with van der Waals surface area (Å²) in [7, 11) is 1.84. The number of hydrogen-bond donors (Lipinski definition) is 2. The molecule has 1 amide bonds. The van der Waals surface area contributed by atoms with E-state index in [1.165, 1.54) is 0 Å². The predicted molar refractivity (Wildman–Crippen MR) is 87.2 cm³/mol. The van der Waals surface area contributed by atoms with Crippen LogP contribution in [0.1, 0.15) is 23.7 Å². The molecule has 0 spiro atoms. The van der Waals surface area contributed by atoms with Gasteiger partial charge in [0, 0.05) is 18.8 Å². The number of carbonyl (C=O) groups excluding carboxylic acids is 1. The number of aryl methyl sites for hydroxylation is 2. The second kappa shape index (κ2) is 6.49. The SMILES string of the molecule is CCc1nn(C)cc1NC(=O)Cc1ccc(C(N)=S)cc1. The van der Waals surface area contributed by atoms with Crippen LogP contribution in [0.4, 0.5) is 5.69 Å². The summed E-state index contributed by atoms with van der Waals surface area (Å²) in [5.41, 5.74) is 8.91. The first-order valence-electron chi connectivity index (χ1n) is 6.70. The van der Waals surface area contributed by atoms with Gasteiger partial charge in [0.25, 0.3) is 0 Å². The van der Waals surface area contributed by atoms with Crippen LogP contribution in [0.15, 0.2) is 30.5 Å². The Balaban J connectivity index is 2.02. The smallest absolute Gasteiger partial charge is 0.228 e. The van der Waals surface area contributed by atoms with Gasteiger partial charge in [0.15, 0.2) is 0 Å². The van der Waals surface area contributed by atoms with Gasteiger partial charge in [-0.3, -0.25) is 9.48 Å². The predicted octanol–water partition coefficient (Wildman–Crippen LogP) is 1.80. The van der Waals surface area contributed by atoms with Crippen LogP contribution in [-0.4, -0.2) is 20.7 Å². The molecule has 0 unspecified atom stereocenters. The summed E-state index contributed by atoms with van der Waals surface area (Å²) in [5.74, 6) is -0.0687. The van der Waals surface area contributed by atoms with Crippen molar-refractivity contribution in [2.24, 2.45) is 12.8 Å². The van der Waals surface area contributed by atoms with Gasteiger partial charge in [0.1, 0.15) is 4.99 Å². The fourth-order valence-corrected chi connectivity index (χ4v) is 2.20. The van der Waals surface area contributed by atoms with Crippen molar-refractivity contribution in [3.05, 3.63) is 47.3 Å². The fraction of sp³-hybridized carbons (Fsp3) is 0.267. The molecule has 0 radical (unpaired) electrons. The highest BCUT2D eigenvalue weighted by Crippen LogP contribution is 2.14. The van der Waals surface area contributed by atoms with Crippen molar-refractivity contribution < 1.29 is 4.79 Å². The van der Waals surface area contributed by atoms with E-state index >= 15 is 0 Å². The minimum atomic E-state index is -0.0687. The molecule has 0 bridgehead atoms. The van der Waals surface area contributed by atoms with Crippen LogP contribution in [0.2, 0.25) is 0 Å². The minimum absolute atomic E-state index is 0.0687. The van der Waals surface area contributed by atoms with E-state index in [1.54, 1.807) is 4.68 Å². The Hall–Kier alpha value is -2.21. The number of amides is 1. The molecule has 0 aliphatic carbocycles. The molecule has 2 aromatic rings. The third kappa shape index (κ3) is 3.88. The molecule has 6 heteroatoms. The van der Waals surface area contributed by atoms with Crippen LogP contribution >= 0.6 is 12.2 Å². The van der Waals surface area contributed by atoms with Gasteiger partial charge in [-0.25, -0.2) is 0 Å². The summed E-state index contributed by atoms with van der Waals surface area (Å²) < 4.78 is 1.70. The summed E-state index contributed by atoms with van der Waals surface area (Å²) in [6, 6.07) is 7.37. The second-order valence-electron chi connectivity index (χ2n) is 4.80. The number of hydrogen-bond acceptors (Lipinski definition) is 3. The van der Waals surface area contributed by atoms with Crippen LogP contribution in [0.5, 0.6) is 0 Å². The van der Waals surface area contributed by atoms with Gasteiger partial charge in [-0.1, -0.05) is 43.4 Å². The Morgan fingerprint density at radius 1 is 1.38 bits per heavy atom. The molecule has 1 aromatic carbocycles. The molecule has 3 N–H and O–H groups in total. The Morgan fingerprint density at radius 3 is 2.62 bits per heavy atom. The highest BCUT2D eigenvalue weighted by molar-refractivity contribution is 7.80. The molecule has 5 nitrogen and oxygen atoms in total. The molecule has 21 heavy (non-hydrogen) atoms. The summed E-state index contributed by atoms with van der Waals surface area (Å²) in [6.45, 7) is 2.01. The highest BCUT2D eigenvalue weighted by Gasteiger charge is 2.10. The average molecular weight is 302 g/mol. The number of aromatic nitrogens is 2. The van der Waals surface area contributed by atoms with Gasteiger partial charge in [-0.15, -0.1) is 0 Å². The molecule has 1 heterocycles. The average Bonchev–Trinajstić information content (AvgIpc) is 2.79. The molecular weight excluding hydrogens is 284 g/mol. The Bertz CT molecular complexity index is 661. The van der Waals surface area contributed by atoms with Crippen molar-refractivity contribution in [1.29, 1.82) is 0 Å². The zero-order valence-corrected chi connectivity index (χ0v) is 12.9. The van der Waals surface area contributed by atoms with E-state index in [0.29, 0.717) is 11.4 Å². The van der Waals surface area contributed by atoms with Crippen molar-refractivity contribution in [3.63, 3.8) is 0 Å². The number of rotatable bonds is 5. The standard InChI is InChI=1S/C15H18N4OS/c1-3-12-13(9-19(2)18-12)17-14(20)8-10-4-6-11(7-5-10)15(16)21/h4-7,9H,3,8H2,1-2H3,(H2,16,21)(H,17,20). The lowest BCUT2D eigenvalue weighted by atomic mass is 10.1. The van der Waals surface area contributed by atoms with Crippen LogP contribution in [0.25, 0.3) is 0 Å². The first-order valence-corrected chi connectivity index (χ1v) is 7.11. The zero-order valence-electron chi connectivity index (χ0n) is 12.1. The van der Waals surface area contributed by atoms with Crippen LogP contribution in [0, 0.1) is 0 Å². The van der Waals surface area contributed by atoms with Gasteiger partial charge in [-0.2, -0.15) is 5.10 Å². The quantitative estimate of drug-likeness (QED) is 0.826. The monoisotopic (exact) mass is 302 g/mol. The van der Waals surface area contributed by atoms with Crippen molar-refractivity contribution in [1.82, 2.24) is 9.78 Å². The van der Waals surface area contributed by atoms with E-state index in [1.807, 2.05) is 44.4 Å². The van der Waals surface area contributed by atoms with Gasteiger partial charge in [-0.05, 0) is 12.0 Å². The molecule has 0 saturated carbocycles. The number of carbonyl (C=O) groups is 1. The van der Waals surface area contributed by atoms with Gasteiger partial charge in [0.2, 0.25) is 5.91 Å². The number of nitrogens with two attached hydrogens (primary N) is 1. The maximum Gasteiger partial charge on any atom is 0.228 e. The molecule has 110 valence electrons. The Kier molecular flexibility index (Phi) is 4.70. The van der Waals surface area contributed by atoms with Crippen molar-refractivity contribution in [2.75, 3.05) is 5.32 Å². The molecule has 0 aliphatic rings. The topological polar surface area (TPSA) is 72.9 Å².